The first-order valence-corrected chi connectivity index (χ1v) is 10.1. The highest BCUT2D eigenvalue weighted by Crippen LogP contribution is 2.45. The van der Waals surface area contributed by atoms with Gasteiger partial charge < -0.3 is 14.2 Å². The van der Waals surface area contributed by atoms with Crippen LogP contribution < -0.4 is 4.90 Å². The van der Waals surface area contributed by atoms with E-state index >= 15 is 0 Å². The molecule has 8 heteroatoms. The number of aryl methyl sites for hydroxylation is 2. The van der Waals surface area contributed by atoms with Crippen molar-refractivity contribution in [2.45, 2.75) is 52.8 Å². The predicted octanol–water partition coefficient (Wildman–Crippen LogP) is 2.97. The number of para-hydroxylation sites is 1. The molecule has 30 heavy (non-hydrogen) atoms. The van der Waals surface area contributed by atoms with Gasteiger partial charge in [0.15, 0.2) is 0 Å². The molecular weight excluding hydrogens is 386 g/mol. The van der Waals surface area contributed by atoms with Crippen LogP contribution in [-0.2, 0) is 20.9 Å². The molecule has 1 aromatic heterocycles. The maximum absolute atomic E-state index is 13.6. The van der Waals surface area contributed by atoms with Crippen molar-refractivity contribution in [2.24, 2.45) is 5.92 Å². The molecule has 2 aliphatic rings. The lowest BCUT2D eigenvalue weighted by Crippen LogP contribution is -2.69. The van der Waals surface area contributed by atoms with Gasteiger partial charge in [0.25, 0.3) is 5.91 Å². The van der Waals surface area contributed by atoms with Crippen LogP contribution in [0.3, 0.4) is 0 Å². The van der Waals surface area contributed by atoms with E-state index in [2.05, 4.69) is 5.16 Å². The van der Waals surface area contributed by atoms with E-state index in [0.717, 1.165) is 0 Å². The molecule has 4 rings (SSSR count). The van der Waals surface area contributed by atoms with Gasteiger partial charge in [-0.25, -0.2) is 4.79 Å². The third-order valence-corrected chi connectivity index (χ3v) is 5.78. The van der Waals surface area contributed by atoms with Gasteiger partial charge in [-0.15, -0.1) is 0 Å². The SMILES string of the molecule is Cc1noc(C)c1COC(=O)C12CCC(=O)N1c1ccccc1C(=O)N2CC(C)C. The Balaban J connectivity index is 1.77. The summed E-state index contributed by atoms with van der Waals surface area (Å²) in [5.41, 5.74) is 0.725. The van der Waals surface area contributed by atoms with E-state index in [1.807, 2.05) is 13.8 Å². The van der Waals surface area contributed by atoms with Crippen molar-refractivity contribution < 1.29 is 23.6 Å². The number of rotatable bonds is 5. The zero-order valence-electron chi connectivity index (χ0n) is 17.6. The van der Waals surface area contributed by atoms with Crippen LogP contribution in [0.1, 0.15) is 54.1 Å². The highest BCUT2D eigenvalue weighted by atomic mass is 16.5. The zero-order valence-corrected chi connectivity index (χ0v) is 17.6. The first kappa shape index (κ1) is 20.1. The Morgan fingerprint density at radius 3 is 2.67 bits per heavy atom. The van der Waals surface area contributed by atoms with Crippen LogP contribution in [0.15, 0.2) is 28.8 Å². The third-order valence-electron chi connectivity index (χ3n) is 5.78. The van der Waals surface area contributed by atoms with Crippen molar-refractivity contribution in [2.75, 3.05) is 11.4 Å². The van der Waals surface area contributed by atoms with Crippen molar-refractivity contribution in [3.8, 4) is 0 Å². The molecular formula is C22H25N3O5. The van der Waals surface area contributed by atoms with Gasteiger partial charge in [0, 0.05) is 19.4 Å². The first-order valence-electron chi connectivity index (χ1n) is 10.1. The third kappa shape index (κ3) is 2.89. The van der Waals surface area contributed by atoms with Gasteiger partial charge in [-0.05, 0) is 31.9 Å². The molecule has 2 aromatic rings. The summed E-state index contributed by atoms with van der Waals surface area (Å²) in [4.78, 5) is 42.8. The smallest absolute Gasteiger partial charge is 0.354 e. The van der Waals surface area contributed by atoms with Gasteiger partial charge in [-0.1, -0.05) is 31.1 Å². The van der Waals surface area contributed by atoms with Crippen LogP contribution >= 0.6 is 0 Å². The van der Waals surface area contributed by atoms with Crippen LogP contribution in [0.4, 0.5) is 5.69 Å². The number of hydrogen-bond acceptors (Lipinski definition) is 6. The molecule has 1 atom stereocenters. The largest absolute Gasteiger partial charge is 0.457 e. The predicted molar refractivity (Wildman–Crippen MR) is 108 cm³/mol. The maximum atomic E-state index is 13.6. The van der Waals surface area contributed by atoms with Crippen molar-refractivity contribution >= 4 is 23.5 Å². The molecule has 1 aromatic carbocycles. The fourth-order valence-corrected chi connectivity index (χ4v) is 4.33. The monoisotopic (exact) mass is 411 g/mol. The average Bonchev–Trinajstić information content (AvgIpc) is 3.23. The van der Waals surface area contributed by atoms with Gasteiger partial charge in [0.2, 0.25) is 11.6 Å². The van der Waals surface area contributed by atoms with Gasteiger partial charge in [0.05, 0.1) is 22.5 Å². The van der Waals surface area contributed by atoms with Crippen LogP contribution in [0.5, 0.6) is 0 Å². The second-order valence-corrected chi connectivity index (χ2v) is 8.25. The molecule has 2 aliphatic heterocycles. The summed E-state index contributed by atoms with van der Waals surface area (Å²) in [7, 11) is 0. The second-order valence-electron chi connectivity index (χ2n) is 8.25. The summed E-state index contributed by atoms with van der Waals surface area (Å²) < 4.78 is 10.8. The highest BCUT2D eigenvalue weighted by molar-refractivity contribution is 6.15. The Morgan fingerprint density at radius 1 is 1.27 bits per heavy atom. The Morgan fingerprint density at radius 2 is 2.00 bits per heavy atom. The Bertz CT molecular complexity index is 1010. The summed E-state index contributed by atoms with van der Waals surface area (Å²) >= 11 is 0. The Hall–Kier alpha value is -3.16. The minimum Gasteiger partial charge on any atom is -0.457 e. The topological polar surface area (TPSA) is 93.0 Å². The highest BCUT2D eigenvalue weighted by Gasteiger charge is 2.62. The van der Waals surface area contributed by atoms with Crippen molar-refractivity contribution in [1.29, 1.82) is 0 Å². The summed E-state index contributed by atoms with van der Waals surface area (Å²) in [5, 5.41) is 3.88. The van der Waals surface area contributed by atoms with E-state index in [9.17, 15) is 14.4 Å². The summed E-state index contributed by atoms with van der Waals surface area (Å²) in [6, 6.07) is 6.92. The molecule has 0 radical (unpaired) electrons. The molecule has 158 valence electrons. The number of carbonyl (C=O) groups is 3. The standard InChI is InChI=1S/C22H25N3O5/c1-13(2)11-24-20(27)16-7-5-6-8-18(16)25-19(26)9-10-22(24,25)21(28)29-12-17-14(3)23-30-15(17)4/h5-8,13H,9-12H2,1-4H3. The number of hydrogen-bond donors (Lipinski definition) is 0. The van der Waals surface area contributed by atoms with E-state index in [1.165, 1.54) is 9.80 Å². The van der Waals surface area contributed by atoms with E-state index < -0.39 is 11.6 Å². The van der Waals surface area contributed by atoms with E-state index in [-0.39, 0.29) is 37.2 Å². The number of anilines is 1. The van der Waals surface area contributed by atoms with Gasteiger partial charge in [-0.3, -0.25) is 14.5 Å². The number of aromatic nitrogens is 1. The molecule has 1 saturated heterocycles. The number of benzene rings is 1. The number of carbonyl (C=O) groups excluding carboxylic acids is 3. The van der Waals surface area contributed by atoms with Gasteiger partial charge in [-0.2, -0.15) is 0 Å². The van der Waals surface area contributed by atoms with Crippen LogP contribution in [-0.4, -0.2) is 40.0 Å². The molecule has 0 spiro atoms. The molecule has 0 bridgehead atoms. The maximum Gasteiger partial charge on any atom is 0.354 e. The van der Waals surface area contributed by atoms with Crippen LogP contribution in [0.25, 0.3) is 0 Å². The summed E-state index contributed by atoms with van der Waals surface area (Å²) in [6.45, 7) is 7.76. The zero-order chi connectivity index (χ0) is 21.6. The number of amides is 2. The van der Waals surface area contributed by atoms with E-state index in [4.69, 9.17) is 9.26 Å². The van der Waals surface area contributed by atoms with Crippen molar-refractivity contribution in [1.82, 2.24) is 10.1 Å². The van der Waals surface area contributed by atoms with E-state index in [1.54, 1.807) is 38.1 Å². The minimum absolute atomic E-state index is 0.0326. The summed E-state index contributed by atoms with van der Waals surface area (Å²) in [5.74, 6) is -0.403. The molecule has 8 nitrogen and oxygen atoms in total. The summed E-state index contributed by atoms with van der Waals surface area (Å²) in [6.07, 6.45) is 0.357. The lowest BCUT2D eigenvalue weighted by Gasteiger charge is -2.48. The number of esters is 1. The van der Waals surface area contributed by atoms with Crippen LogP contribution in [0, 0.1) is 19.8 Å². The fourth-order valence-electron chi connectivity index (χ4n) is 4.33. The van der Waals surface area contributed by atoms with Crippen molar-refractivity contribution in [3.05, 3.63) is 46.8 Å². The molecule has 0 saturated carbocycles. The van der Waals surface area contributed by atoms with Gasteiger partial charge in [0.1, 0.15) is 12.4 Å². The van der Waals surface area contributed by atoms with Crippen LogP contribution in [0.2, 0.25) is 0 Å². The molecule has 0 aliphatic carbocycles. The first-order chi connectivity index (χ1) is 14.3. The molecule has 2 amide bonds. The minimum atomic E-state index is -1.48. The van der Waals surface area contributed by atoms with E-state index in [0.29, 0.717) is 34.8 Å². The lowest BCUT2D eigenvalue weighted by atomic mass is 9.95. The quantitative estimate of drug-likeness (QED) is 0.703. The number of fused-ring (bicyclic) bond motifs is 3. The molecule has 1 fully saturated rings. The Labute approximate surface area is 174 Å². The second kappa shape index (κ2) is 7.27. The molecule has 0 N–H and O–H groups in total. The molecule has 1 unspecified atom stereocenters. The lowest BCUT2D eigenvalue weighted by molar-refractivity contribution is -0.159. The fraction of sp³-hybridized carbons (Fsp3) is 0.455. The average molecular weight is 411 g/mol. The molecule has 3 heterocycles. The number of nitrogens with zero attached hydrogens (tertiary/aromatic N) is 3. The normalized spacial score (nSPS) is 20.6. The van der Waals surface area contributed by atoms with Crippen molar-refractivity contribution in [3.63, 3.8) is 0 Å². The van der Waals surface area contributed by atoms with Gasteiger partial charge >= 0.3 is 5.97 Å². The Kier molecular flexibility index (Phi) is 4.88. The number of ether oxygens (including phenoxy) is 1.